The fourth-order valence-corrected chi connectivity index (χ4v) is 3.62. The van der Waals surface area contributed by atoms with Crippen molar-refractivity contribution < 1.29 is 28.8 Å². The maximum Gasteiger partial charge on any atom is 0.365 e. The predicted octanol–water partition coefficient (Wildman–Crippen LogP) is 1.37. The van der Waals surface area contributed by atoms with Gasteiger partial charge in [0.05, 0.1) is 18.8 Å². The van der Waals surface area contributed by atoms with Crippen molar-refractivity contribution in [3.8, 4) is 0 Å². The number of anilines is 1. The fraction of sp³-hybridized carbons (Fsp3) is 0.348. The van der Waals surface area contributed by atoms with Gasteiger partial charge in [-0.15, -0.1) is 0 Å². The maximum absolute atomic E-state index is 12.6. The second-order valence-electron chi connectivity index (χ2n) is 7.64. The van der Waals surface area contributed by atoms with Gasteiger partial charge in [0, 0.05) is 17.7 Å². The molecule has 1 unspecified atom stereocenters. The molecule has 0 saturated carbocycles. The number of fused-ring (bicyclic) bond motifs is 1. The van der Waals surface area contributed by atoms with E-state index in [1.807, 2.05) is 24.3 Å². The molecule has 30 heavy (non-hydrogen) atoms. The average molecular weight is 411 g/mol. The van der Waals surface area contributed by atoms with Crippen molar-refractivity contribution in [2.45, 2.75) is 39.0 Å². The number of carbonyl (C=O) groups excluding carboxylic acids is 3. The molecule has 0 aliphatic carbocycles. The lowest BCUT2D eigenvalue weighted by atomic mass is 9.94. The molecule has 0 radical (unpaired) electrons. The molecular formula is C23H27N2O5+. The van der Waals surface area contributed by atoms with Gasteiger partial charge in [0.1, 0.15) is 6.54 Å². The fourth-order valence-electron chi connectivity index (χ4n) is 3.62. The summed E-state index contributed by atoms with van der Waals surface area (Å²) in [7, 11) is 1.37. The highest BCUT2D eigenvalue weighted by molar-refractivity contribution is 5.93. The molecule has 0 fully saturated rings. The van der Waals surface area contributed by atoms with E-state index >= 15 is 0 Å². The highest BCUT2D eigenvalue weighted by atomic mass is 16.5. The van der Waals surface area contributed by atoms with E-state index in [1.54, 1.807) is 38.1 Å². The molecule has 1 amide bonds. The number of carbonyl (C=O) groups is 3. The second kappa shape index (κ2) is 9.54. The zero-order valence-corrected chi connectivity index (χ0v) is 17.4. The van der Waals surface area contributed by atoms with E-state index < -0.39 is 12.0 Å². The van der Waals surface area contributed by atoms with Gasteiger partial charge in [-0.1, -0.05) is 24.3 Å². The molecule has 7 nitrogen and oxygen atoms in total. The Bertz CT molecular complexity index is 923. The van der Waals surface area contributed by atoms with Gasteiger partial charge in [0.2, 0.25) is 0 Å². The summed E-state index contributed by atoms with van der Waals surface area (Å²) in [6.45, 7) is 4.28. The Morgan fingerprint density at radius 1 is 1.07 bits per heavy atom. The van der Waals surface area contributed by atoms with E-state index in [4.69, 9.17) is 9.47 Å². The number of methoxy groups -OCH3 is 1. The van der Waals surface area contributed by atoms with E-state index in [0.717, 1.165) is 16.0 Å². The quantitative estimate of drug-likeness (QED) is 0.702. The summed E-state index contributed by atoms with van der Waals surface area (Å²) < 4.78 is 10.1. The first-order valence-electron chi connectivity index (χ1n) is 9.97. The lowest BCUT2D eigenvalue weighted by Gasteiger charge is -2.31. The van der Waals surface area contributed by atoms with Gasteiger partial charge >= 0.3 is 11.9 Å². The minimum absolute atomic E-state index is 0.130. The molecule has 2 aromatic rings. The van der Waals surface area contributed by atoms with Crippen LogP contribution >= 0.6 is 0 Å². The minimum Gasteiger partial charge on any atom is -0.465 e. The number of benzene rings is 2. The summed E-state index contributed by atoms with van der Waals surface area (Å²) in [5.74, 6) is -0.934. The molecule has 7 heteroatoms. The van der Waals surface area contributed by atoms with Crippen LogP contribution in [0.15, 0.2) is 48.5 Å². The predicted molar refractivity (Wildman–Crippen MR) is 111 cm³/mol. The summed E-state index contributed by atoms with van der Waals surface area (Å²) in [5.41, 5.74) is 3.24. The third-order valence-corrected chi connectivity index (χ3v) is 5.07. The third kappa shape index (κ3) is 5.24. The standard InChI is InChI=1S/C23H26N2O5/c1-15(2)30-22(27)16-8-10-19(11-9-16)24-21(26)14-25-13-18-7-5-4-6-17(18)12-20(25)23(28)29-3/h4-11,15,20H,12-14H2,1-3H3,(H,24,26)/p+1/t20-/m0/s1. The number of quaternary nitrogens is 1. The molecule has 0 aromatic heterocycles. The Kier molecular flexibility index (Phi) is 6.84. The first-order valence-corrected chi connectivity index (χ1v) is 9.97. The van der Waals surface area contributed by atoms with Crippen LogP contribution in [0.3, 0.4) is 0 Å². The number of nitrogens with one attached hydrogen (secondary N) is 2. The Balaban J connectivity index is 1.65. The van der Waals surface area contributed by atoms with E-state index in [1.165, 1.54) is 7.11 Å². The van der Waals surface area contributed by atoms with Crippen LogP contribution in [0, 0.1) is 0 Å². The number of ether oxygens (including phenoxy) is 2. The van der Waals surface area contributed by atoms with Gasteiger partial charge in [0.15, 0.2) is 12.6 Å². The van der Waals surface area contributed by atoms with Crippen LogP contribution in [0.25, 0.3) is 0 Å². The lowest BCUT2D eigenvalue weighted by Crippen LogP contribution is -3.17. The Morgan fingerprint density at radius 2 is 1.73 bits per heavy atom. The maximum atomic E-state index is 12.6. The summed E-state index contributed by atoms with van der Waals surface area (Å²) in [6.07, 6.45) is 0.343. The third-order valence-electron chi connectivity index (χ3n) is 5.07. The number of rotatable bonds is 6. The van der Waals surface area contributed by atoms with Crippen LogP contribution in [-0.4, -0.2) is 43.6 Å². The smallest absolute Gasteiger partial charge is 0.365 e. The van der Waals surface area contributed by atoms with Crippen LogP contribution in [0.4, 0.5) is 5.69 Å². The SMILES string of the molecule is COC(=O)[C@@H]1Cc2ccccc2C[NH+]1CC(=O)Nc1ccc(C(=O)OC(C)C)cc1. The molecule has 1 aliphatic rings. The largest absolute Gasteiger partial charge is 0.465 e. The molecule has 1 heterocycles. The highest BCUT2D eigenvalue weighted by Crippen LogP contribution is 2.15. The van der Waals surface area contributed by atoms with E-state index in [-0.39, 0.29) is 24.5 Å². The zero-order chi connectivity index (χ0) is 21.7. The molecule has 2 atom stereocenters. The van der Waals surface area contributed by atoms with Crippen LogP contribution in [0.5, 0.6) is 0 Å². The summed E-state index contributed by atoms with van der Waals surface area (Å²) >= 11 is 0. The van der Waals surface area contributed by atoms with Gasteiger partial charge in [-0.25, -0.2) is 9.59 Å². The molecule has 0 spiro atoms. The van der Waals surface area contributed by atoms with E-state index in [9.17, 15) is 14.4 Å². The first-order chi connectivity index (χ1) is 14.4. The molecule has 2 aromatic carbocycles. The first kappa shape index (κ1) is 21.5. The van der Waals surface area contributed by atoms with Gasteiger partial charge < -0.3 is 19.7 Å². The molecule has 1 aliphatic heterocycles. The van der Waals surface area contributed by atoms with Gasteiger partial charge in [0.25, 0.3) is 5.91 Å². The van der Waals surface area contributed by atoms with Crippen LogP contribution < -0.4 is 10.2 Å². The highest BCUT2D eigenvalue weighted by Gasteiger charge is 2.37. The second-order valence-corrected chi connectivity index (χ2v) is 7.64. The summed E-state index contributed by atoms with van der Waals surface area (Å²) in [5, 5.41) is 2.83. The monoisotopic (exact) mass is 411 g/mol. The van der Waals surface area contributed by atoms with Crippen LogP contribution in [0.2, 0.25) is 0 Å². The van der Waals surface area contributed by atoms with Crippen molar-refractivity contribution >= 4 is 23.5 Å². The van der Waals surface area contributed by atoms with Crippen molar-refractivity contribution in [2.75, 3.05) is 19.0 Å². The summed E-state index contributed by atoms with van der Waals surface area (Å²) in [4.78, 5) is 37.7. The Morgan fingerprint density at radius 3 is 2.37 bits per heavy atom. The van der Waals surface area contributed by atoms with Crippen molar-refractivity contribution in [2.24, 2.45) is 0 Å². The number of esters is 2. The molecule has 0 bridgehead atoms. The average Bonchev–Trinajstić information content (AvgIpc) is 2.72. The van der Waals surface area contributed by atoms with Gasteiger partial charge in [-0.05, 0) is 43.7 Å². The Labute approximate surface area is 176 Å². The van der Waals surface area contributed by atoms with Crippen molar-refractivity contribution in [3.05, 3.63) is 65.2 Å². The van der Waals surface area contributed by atoms with E-state index in [0.29, 0.717) is 24.2 Å². The normalized spacial score (nSPS) is 17.7. The van der Waals surface area contributed by atoms with Crippen molar-refractivity contribution in [3.63, 3.8) is 0 Å². The topological polar surface area (TPSA) is 86.1 Å². The molecule has 2 N–H and O–H groups in total. The molecular weight excluding hydrogens is 384 g/mol. The molecule has 158 valence electrons. The summed E-state index contributed by atoms with van der Waals surface area (Å²) in [6, 6.07) is 14.1. The van der Waals surface area contributed by atoms with Crippen molar-refractivity contribution in [1.29, 1.82) is 0 Å². The molecule has 0 saturated heterocycles. The Hall–Kier alpha value is -3.19. The minimum atomic E-state index is -0.427. The van der Waals surface area contributed by atoms with Crippen LogP contribution in [0.1, 0.15) is 35.3 Å². The van der Waals surface area contributed by atoms with Gasteiger partial charge in [-0.3, -0.25) is 4.79 Å². The number of amides is 1. The van der Waals surface area contributed by atoms with E-state index in [2.05, 4.69) is 5.32 Å². The zero-order valence-electron chi connectivity index (χ0n) is 17.4. The van der Waals surface area contributed by atoms with Crippen molar-refractivity contribution in [1.82, 2.24) is 0 Å². The van der Waals surface area contributed by atoms with Crippen LogP contribution in [-0.2, 0) is 32.0 Å². The number of hydrogen-bond donors (Lipinski definition) is 2. The van der Waals surface area contributed by atoms with Gasteiger partial charge in [-0.2, -0.15) is 0 Å². The molecule has 3 rings (SSSR count). The number of hydrogen-bond acceptors (Lipinski definition) is 5. The lowest BCUT2D eigenvalue weighted by molar-refractivity contribution is -0.924.